The Morgan fingerprint density at radius 2 is 0.979 bits per heavy atom. The summed E-state index contributed by atoms with van der Waals surface area (Å²) in [6, 6.07) is 48.8. The Kier molecular flexibility index (Phi) is 4.83. The first-order chi connectivity index (χ1) is 24.9. The summed E-state index contributed by atoms with van der Waals surface area (Å²) in [5.41, 5.74) is 5.65. The van der Waals surface area contributed by atoms with Crippen molar-refractivity contribution in [1.82, 2.24) is 0 Å². The molecule has 1 nitrogen and oxygen atoms in total. The van der Waals surface area contributed by atoms with Crippen molar-refractivity contribution in [3.63, 3.8) is 0 Å². The highest BCUT2D eigenvalue weighted by Crippen LogP contribution is 2.41. The largest absolute Gasteiger partial charge is 0.456 e. The standard InChI is InChI=1S/C46H28O/c1-2-8-29(9-3-1)33-18-19-35-28-45-43(27-37(35)24-33)42-25-34(21-23-44(42)47-45)30-14-16-32(17-15-30)46-39-13-7-5-11-36(39)26-41-38-12-6-4-10-31(38)20-22-40(41)46/h1-28H/i14D,15D,16D,17D. The molecular formula is C46H28O. The predicted octanol–water partition coefficient (Wildman–Crippen LogP) is 13.2. The first-order valence-corrected chi connectivity index (χ1v) is 15.8. The van der Waals surface area contributed by atoms with Crippen LogP contribution in [0.2, 0.25) is 0 Å². The van der Waals surface area contributed by atoms with Crippen LogP contribution in [-0.4, -0.2) is 0 Å². The molecule has 0 saturated carbocycles. The molecule has 0 radical (unpaired) electrons. The summed E-state index contributed by atoms with van der Waals surface area (Å²) >= 11 is 0. The summed E-state index contributed by atoms with van der Waals surface area (Å²) in [7, 11) is 0. The lowest BCUT2D eigenvalue weighted by molar-refractivity contribution is 0.669. The Hall–Kier alpha value is -6.18. The third-order valence-corrected chi connectivity index (χ3v) is 9.47. The van der Waals surface area contributed by atoms with E-state index in [-0.39, 0.29) is 29.7 Å². The van der Waals surface area contributed by atoms with Crippen molar-refractivity contribution in [2.45, 2.75) is 0 Å². The smallest absolute Gasteiger partial charge is 0.136 e. The molecule has 0 spiro atoms. The Morgan fingerprint density at radius 3 is 1.85 bits per heavy atom. The lowest BCUT2D eigenvalue weighted by Crippen LogP contribution is -1.87. The Morgan fingerprint density at radius 1 is 0.319 bits per heavy atom. The van der Waals surface area contributed by atoms with Crippen LogP contribution in [0, 0.1) is 0 Å². The monoisotopic (exact) mass is 600 g/mol. The lowest BCUT2D eigenvalue weighted by Gasteiger charge is -2.14. The summed E-state index contributed by atoms with van der Waals surface area (Å²) < 4.78 is 43.8. The molecule has 0 bridgehead atoms. The van der Waals surface area contributed by atoms with Gasteiger partial charge in [-0.25, -0.2) is 0 Å². The molecule has 47 heavy (non-hydrogen) atoms. The maximum Gasteiger partial charge on any atom is 0.136 e. The van der Waals surface area contributed by atoms with Gasteiger partial charge in [0.25, 0.3) is 0 Å². The van der Waals surface area contributed by atoms with E-state index in [4.69, 9.17) is 4.42 Å². The highest BCUT2D eigenvalue weighted by atomic mass is 16.3. The minimum Gasteiger partial charge on any atom is -0.456 e. The van der Waals surface area contributed by atoms with Gasteiger partial charge in [-0.05, 0) is 113 Å². The average Bonchev–Trinajstić information content (AvgIpc) is 3.52. The zero-order valence-electron chi connectivity index (χ0n) is 29.3. The van der Waals surface area contributed by atoms with Gasteiger partial charge in [0.05, 0.1) is 5.48 Å². The van der Waals surface area contributed by atoms with E-state index in [1.54, 1.807) is 0 Å². The van der Waals surface area contributed by atoms with Gasteiger partial charge in [-0.3, -0.25) is 0 Å². The normalized spacial score (nSPS) is 13.0. The van der Waals surface area contributed by atoms with Crippen LogP contribution in [0.1, 0.15) is 5.48 Å². The van der Waals surface area contributed by atoms with Crippen molar-refractivity contribution in [3.8, 4) is 33.4 Å². The van der Waals surface area contributed by atoms with Crippen molar-refractivity contribution in [3.05, 3.63) is 170 Å². The number of hydrogen-bond donors (Lipinski definition) is 0. The molecule has 10 aromatic rings. The third-order valence-electron chi connectivity index (χ3n) is 9.47. The lowest BCUT2D eigenvalue weighted by atomic mass is 9.89. The summed E-state index contributed by atoms with van der Waals surface area (Å²) in [6.45, 7) is 0. The fourth-order valence-corrected chi connectivity index (χ4v) is 7.16. The van der Waals surface area contributed by atoms with Gasteiger partial charge in [0.2, 0.25) is 0 Å². The third kappa shape index (κ3) is 4.17. The van der Waals surface area contributed by atoms with Gasteiger partial charge >= 0.3 is 0 Å². The number of hydrogen-bond acceptors (Lipinski definition) is 1. The predicted molar refractivity (Wildman–Crippen MR) is 200 cm³/mol. The maximum absolute atomic E-state index is 9.41. The SMILES string of the molecule is [2H]c1c([2H])c(-c2c3ccccc3cc3c2ccc2ccccc23)c([2H])c([2H])c1-c1ccc2oc3cc4ccc(-c5ccccc5)cc4cc3c2c1. The molecule has 1 heteroatoms. The van der Waals surface area contributed by atoms with Gasteiger partial charge in [0.1, 0.15) is 11.2 Å². The Balaban J connectivity index is 1.18. The van der Waals surface area contributed by atoms with Crippen molar-refractivity contribution in [1.29, 1.82) is 0 Å². The number of rotatable bonds is 3. The molecule has 0 fully saturated rings. The second kappa shape index (κ2) is 10.2. The number of fused-ring (bicyclic) bond motifs is 8. The van der Waals surface area contributed by atoms with E-state index < -0.39 is 0 Å². The van der Waals surface area contributed by atoms with Crippen molar-refractivity contribution < 1.29 is 9.90 Å². The van der Waals surface area contributed by atoms with Crippen LogP contribution in [0.4, 0.5) is 0 Å². The second-order valence-corrected chi connectivity index (χ2v) is 12.2. The molecule has 0 saturated heterocycles. The zero-order valence-corrected chi connectivity index (χ0v) is 25.3. The van der Waals surface area contributed by atoms with Gasteiger partial charge < -0.3 is 4.42 Å². The molecule has 0 aliphatic heterocycles. The van der Waals surface area contributed by atoms with E-state index in [0.717, 1.165) is 76.1 Å². The first kappa shape index (κ1) is 22.3. The summed E-state index contributed by atoms with van der Waals surface area (Å²) in [4.78, 5) is 0. The van der Waals surface area contributed by atoms with E-state index in [0.29, 0.717) is 16.7 Å². The van der Waals surface area contributed by atoms with E-state index in [2.05, 4.69) is 66.7 Å². The van der Waals surface area contributed by atoms with E-state index in [1.165, 1.54) is 0 Å². The molecule has 0 aliphatic rings. The van der Waals surface area contributed by atoms with E-state index >= 15 is 0 Å². The number of benzene rings is 9. The minimum atomic E-state index is -0.0713. The van der Waals surface area contributed by atoms with E-state index in [1.807, 2.05) is 78.9 Å². The Labute approximate surface area is 277 Å². The van der Waals surface area contributed by atoms with Crippen molar-refractivity contribution >= 4 is 65.0 Å². The molecule has 9 aromatic carbocycles. The number of furan rings is 1. The molecule has 1 heterocycles. The summed E-state index contributed by atoms with van der Waals surface area (Å²) in [6.07, 6.45) is 0. The molecule has 0 N–H and O–H groups in total. The quantitative estimate of drug-likeness (QED) is 0.145. The van der Waals surface area contributed by atoms with Crippen molar-refractivity contribution in [2.75, 3.05) is 0 Å². The van der Waals surface area contributed by atoms with Gasteiger partial charge in [-0.1, -0.05) is 133 Å². The molecule has 10 rings (SSSR count). The van der Waals surface area contributed by atoms with Crippen LogP contribution in [0.25, 0.3) is 98.4 Å². The van der Waals surface area contributed by atoms with Crippen LogP contribution >= 0.6 is 0 Å². The fraction of sp³-hybridized carbons (Fsp3) is 0. The summed E-state index contributed by atoms with van der Waals surface area (Å²) in [5, 5.41) is 9.94. The molecule has 0 amide bonds. The zero-order chi connectivity index (χ0) is 34.4. The molecule has 0 unspecified atom stereocenters. The molecular weight excluding hydrogens is 569 g/mol. The van der Waals surface area contributed by atoms with Crippen LogP contribution in [-0.2, 0) is 0 Å². The highest BCUT2D eigenvalue weighted by molar-refractivity contribution is 6.20. The first-order valence-electron chi connectivity index (χ1n) is 17.8. The van der Waals surface area contributed by atoms with Crippen LogP contribution in [0.3, 0.4) is 0 Å². The minimum absolute atomic E-state index is 0.0617. The van der Waals surface area contributed by atoms with Crippen LogP contribution in [0.15, 0.2) is 174 Å². The summed E-state index contributed by atoms with van der Waals surface area (Å²) in [5.74, 6) is 0. The molecule has 218 valence electrons. The van der Waals surface area contributed by atoms with Gasteiger partial charge in [0, 0.05) is 10.8 Å². The highest BCUT2D eigenvalue weighted by Gasteiger charge is 2.14. The van der Waals surface area contributed by atoms with E-state index in [9.17, 15) is 5.48 Å². The van der Waals surface area contributed by atoms with Gasteiger partial charge in [-0.15, -0.1) is 0 Å². The van der Waals surface area contributed by atoms with Gasteiger partial charge in [0.15, 0.2) is 0 Å². The molecule has 0 atom stereocenters. The van der Waals surface area contributed by atoms with Gasteiger partial charge in [-0.2, -0.15) is 0 Å². The molecule has 1 aromatic heterocycles. The topological polar surface area (TPSA) is 13.1 Å². The maximum atomic E-state index is 9.41. The van der Waals surface area contributed by atoms with Crippen LogP contribution < -0.4 is 0 Å². The Bertz CT molecular complexity index is 3040. The van der Waals surface area contributed by atoms with Crippen LogP contribution in [0.5, 0.6) is 0 Å². The van der Waals surface area contributed by atoms with Crippen molar-refractivity contribution in [2.24, 2.45) is 0 Å². The fourth-order valence-electron chi connectivity index (χ4n) is 7.16. The average molecular weight is 601 g/mol. The second-order valence-electron chi connectivity index (χ2n) is 12.2. The molecule has 0 aliphatic carbocycles.